The molecule has 2 rings (SSSR count). The second-order valence-electron chi connectivity index (χ2n) is 4.06. The van der Waals surface area contributed by atoms with E-state index in [1.165, 1.54) is 5.56 Å². The fourth-order valence-electron chi connectivity index (χ4n) is 1.64. The topological polar surface area (TPSA) is 37.8 Å². The molecule has 0 aliphatic heterocycles. The molecule has 0 radical (unpaired) electrons. The lowest BCUT2D eigenvalue weighted by atomic mass is 10.1. The SMILES string of the molecule is CCCNC(c1ccsc1)c1ncc(C)cn1. The number of nitrogens with zero attached hydrogens (tertiary/aromatic N) is 2. The molecular weight excluding hydrogens is 230 g/mol. The van der Waals surface area contributed by atoms with Gasteiger partial charge in [-0.25, -0.2) is 9.97 Å². The number of hydrogen-bond donors (Lipinski definition) is 1. The van der Waals surface area contributed by atoms with Gasteiger partial charge in [-0.2, -0.15) is 11.3 Å². The molecule has 1 unspecified atom stereocenters. The molecule has 2 aromatic rings. The molecule has 2 heterocycles. The Hall–Kier alpha value is -1.26. The molecule has 4 heteroatoms. The van der Waals surface area contributed by atoms with E-state index in [-0.39, 0.29) is 6.04 Å². The molecule has 0 saturated carbocycles. The third kappa shape index (κ3) is 3.11. The molecule has 0 bridgehead atoms. The summed E-state index contributed by atoms with van der Waals surface area (Å²) in [6.07, 6.45) is 4.84. The van der Waals surface area contributed by atoms with Crippen LogP contribution in [0, 0.1) is 6.92 Å². The lowest BCUT2D eigenvalue weighted by molar-refractivity contribution is 0.572. The standard InChI is InChI=1S/C13H17N3S/c1-3-5-14-12(11-4-6-17-9-11)13-15-7-10(2)8-16-13/h4,6-9,12,14H,3,5H2,1-2H3. The molecule has 17 heavy (non-hydrogen) atoms. The number of rotatable bonds is 5. The van der Waals surface area contributed by atoms with Gasteiger partial charge in [0.25, 0.3) is 0 Å². The smallest absolute Gasteiger partial charge is 0.149 e. The normalized spacial score (nSPS) is 12.6. The highest BCUT2D eigenvalue weighted by molar-refractivity contribution is 7.08. The fraction of sp³-hybridized carbons (Fsp3) is 0.385. The fourth-order valence-corrected chi connectivity index (χ4v) is 2.32. The Morgan fingerprint density at radius 1 is 1.35 bits per heavy atom. The average molecular weight is 247 g/mol. The molecule has 1 atom stereocenters. The summed E-state index contributed by atoms with van der Waals surface area (Å²) in [4.78, 5) is 8.84. The highest BCUT2D eigenvalue weighted by Crippen LogP contribution is 2.21. The second-order valence-corrected chi connectivity index (χ2v) is 4.84. The number of nitrogens with one attached hydrogen (secondary N) is 1. The summed E-state index contributed by atoms with van der Waals surface area (Å²) < 4.78 is 0. The van der Waals surface area contributed by atoms with Crippen LogP contribution in [0.25, 0.3) is 0 Å². The van der Waals surface area contributed by atoms with Gasteiger partial charge in [0.05, 0.1) is 6.04 Å². The van der Waals surface area contributed by atoms with E-state index in [1.807, 2.05) is 19.3 Å². The Morgan fingerprint density at radius 2 is 2.12 bits per heavy atom. The van der Waals surface area contributed by atoms with Gasteiger partial charge in [0, 0.05) is 12.4 Å². The van der Waals surface area contributed by atoms with Crippen LogP contribution in [-0.2, 0) is 0 Å². The van der Waals surface area contributed by atoms with Crippen LogP contribution in [0.5, 0.6) is 0 Å². The molecule has 0 fully saturated rings. The number of thiophene rings is 1. The number of aryl methyl sites for hydroxylation is 1. The van der Waals surface area contributed by atoms with Crippen LogP contribution in [-0.4, -0.2) is 16.5 Å². The Morgan fingerprint density at radius 3 is 2.71 bits per heavy atom. The Kier molecular flexibility index (Phi) is 4.23. The maximum absolute atomic E-state index is 4.42. The molecule has 90 valence electrons. The third-order valence-corrected chi connectivity index (χ3v) is 3.24. The van der Waals surface area contributed by atoms with E-state index >= 15 is 0 Å². The zero-order chi connectivity index (χ0) is 12.1. The van der Waals surface area contributed by atoms with Crippen LogP contribution >= 0.6 is 11.3 Å². The van der Waals surface area contributed by atoms with Crippen LogP contribution in [0.1, 0.15) is 36.3 Å². The first-order valence-corrected chi connectivity index (χ1v) is 6.79. The van der Waals surface area contributed by atoms with E-state index in [0.29, 0.717) is 0 Å². The highest BCUT2D eigenvalue weighted by Gasteiger charge is 2.16. The molecule has 0 saturated heterocycles. The van der Waals surface area contributed by atoms with Gasteiger partial charge in [0.2, 0.25) is 0 Å². The Bertz CT molecular complexity index is 436. The van der Waals surface area contributed by atoms with Crippen LogP contribution in [0.3, 0.4) is 0 Å². The molecule has 0 amide bonds. The van der Waals surface area contributed by atoms with Crippen molar-refractivity contribution in [2.75, 3.05) is 6.54 Å². The summed E-state index contributed by atoms with van der Waals surface area (Å²) in [7, 11) is 0. The van der Waals surface area contributed by atoms with Gasteiger partial charge < -0.3 is 5.32 Å². The van der Waals surface area contributed by atoms with Crippen LogP contribution < -0.4 is 5.32 Å². The summed E-state index contributed by atoms with van der Waals surface area (Å²) in [5, 5.41) is 7.73. The molecule has 0 spiro atoms. The predicted octanol–water partition coefficient (Wildman–Crippen LogP) is 2.94. The maximum Gasteiger partial charge on any atom is 0.149 e. The molecule has 0 aliphatic rings. The molecule has 1 N–H and O–H groups in total. The Labute approximate surface area is 106 Å². The van der Waals surface area contributed by atoms with Crippen LogP contribution in [0.15, 0.2) is 29.2 Å². The molecule has 3 nitrogen and oxygen atoms in total. The van der Waals surface area contributed by atoms with Gasteiger partial charge in [0.1, 0.15) is 5.82 Å². The molecule has 2 aromatic heterocycles. The van der Waals surface area contributed by atoms with Crippen molar-refractivity contribution in [3.8, 4) is 0 Å². The van der Waals surface area contributed by atoms with Gasteiger partial charge in [-0.3, -0.25) is 0 Å². The van der Waals surface area contributed by atoms with Crippen molar-refractivity contribution in [3.05, 3.63) is 46.2 Å². The van der Waals surface area contributed by atoms with Gasteiger partial charge in [0.15, 0.2) is 0 Å². The minimum atomic E-state index is 0.113. The minimum Gasteiger partial charge on any atom is -0.304 e. The van der Waals surface area contributed by atoms with Gasteiger partial charge >= 0.3 is 0 Å². The minimum absolute atomic E-state index is 0.113. The third-order valence-electron chi connectivity index (χ3n) is 2.53. The van der Waals surface area contributed by atoms with Crippen molar-refractivity contribution in [3.63, 3.8) is 0 Å². The van der Waals surface area contributed by atoms with Crippen LogP contribution in [0.4, 0.5) is 0 Å². The van der Waals surface area contributed by atoms with Crippen molar-refractivity contribution in [2.45, 2.75) is 26.3 Å². The van der Waals surface area contributed by atoms with E-state index in [2.05, 4.69) is 39.0 Å². The average Bonchev–Trinajstić information content (AvgIpc) is 2.85. The van der Waals surface area contributed by atoms with E-state index in [4.69, 9.17) is 0 Å². The quantitative estimate of drug-likeness (QED) is 0.882. The zero-order valence-corrected chi connectivity index (χ0v) is 11.0. The van der Waals surface area contributed by atoms with Crippen molar-refractivity contribution in [1.29, 1.82) is 0 Å². The lowest BCUT2D eigenvalue weighted by Crippen LogP contribution is -2.24. The van der Waals surface area contributed by atoms with E-state index < -0.39 is 0 Å². The number of hydrogen-bond acceptors (Lipinski definition) is 4. The maximum atomic E-state index is 4.42. The van der Waals surface area contributed by atoms with E-state index in [0.717, 1.165) is 24.4 Å². The summed E-state index contributed by atoms with van der Waals surface area (Å²) >= 11 is 1.70. The predicted molar refractivity (Wildman–Crippen MR) is 71.2 cm³/mol. The van der Waals surface area contributed by atoms with Gasteiger partial charge in [-0.1, -0.05) is 6.92 Å². The van der Waals surface area contributed by atoms with Crippen LogP contribution in [0.2, 0.25) is 0 Å². The molecule has 0 aliphatic carbocycles. The summed E-state index contributed by atoms with van der Waals surface area (Å²) in [6, 6.07) is 2.24. The molecular formula is C13H17N3S. The lowest BCUT2D eigenvalue weighted by Gasteiger charge is -2.15. The van der Waals surface area contributed by atoms with Gasteiger partial charge in [-0.05, 0) is 47.8 Å². The molecule has 0 aromatic carbocycles. The second kappa shape index (κ2) is 5.89. The Balaban J connectivity index is 2.23. The first-order valence-electron chi connectivity index (χ1n) is 5.85. The summed E-state index contributed by atoms with van der Waals surface area (Å²) in [5.41, 5.74) is 2.33. The largest absolute Gasteiger partial charge is 0.304 e. The van der Waals surface area contributed by atoms with E-state index in [1.54, 1.807) is 11.3 Å². The summed E-state index contributed by atoms with van der Waals surface area (Å²) in [6.45, 7) is 5.13. The van der Waals surface area contributed by atoms with Crippen molar-refractivity contribution in [2.24, 2.45) is 0 Å². The van der Waals surface area contributed by atoms with Gasteiger partial charge in [-0.15, -0.1) is 0 Å². The highest BCUT2D eigenvalue weighted by atomic mass is 32.1. The monoisotopic (exact) mass is 247 g/mol. The van der Waals surface area contributed by atoms with Crippen molar-refractivity contribution >= 4 is 11.3 Å². The number of aromatic nitrogens is 2. The van der Waals surface area contributed by atoms with E-state index in [9.17, 15) is 0 Å². The zero-order valence-electron chi connectivity index (χ0n) is 10.2. The first kappa shape index (κ1) is 12.2. The van der Waals surface area contributed by atoms with Crippen molar-refractivity contribution in [1.82, 2.24) is 15.3 Å². The summed E-state index contributed by atoms with van der Waals surface area (Å²) in [5.74, 6) is 0.849. The first-order chi connectivity index (χ1) is 8.31. The van der Waals surface area contributed by atoms with Crippen molar-refractivity contribution < 1.29 is 0 Å².